The molecular weight excluding hydrogens is 265 g/mol. The third-order valence-corrected chi connectivity index (χ3v) is 3.36. The van der Waals surface area contributed by atoms with E-state index in [1.807, 2.05) is 0 Å². The van der Waals surface area contributed by atoms with Crippen molar-refractivity contribution < 1.29 is 14.3 Å². The van der Waals surface area contributed by atoms with Crippen LogP contribution in [0.1, 0.15) is 21.1 Å². The zero-order valence-corrected chi connectivity index (χ0v) is 10.1. The molecule has 0 radical (unpaired) electrons. The molecule has 0 atom stereocenters. The van der Waals surface area contributed by atoms with Gasteiger partial charge in [-0.3, -0.25) is 0 Å². The summed E-state index contributed by atoms with van der Waals surface area (Å²) in [5.41, 5.74) is 0.304. The summed E-state index contributed by atoms with van der Waals surface area (Å²) < 4.78 is 13.5. The van der Waals surface area contributed by atoms with Crippen molar-refractivity contribution in [2.45, 2.75) is 6.42 Å². The maximum absolute atomic E-state index is 13.5. The molecule has 3 nitrogen and oxygen atoms in total. The lowest BCUT2D eigenvalue weighted by molar-refractivity contribution is 0.0691. The Hall–Kier alpha value is -1.46. The lowest BCUT2D eigenvalue weighted by Crippen LogP contribution is -1.98. The van der Waals surface area contributed by atoms with Crippen LogP contribution in [0.25, 0.3) is 0 Å². The van der Waals surface area contributed by atoms with Crippen molar-refractivity contribution in [2.24, 2.45) is 0 Å². The van der Waals surface area contributed by atoms with Crippen LogP contribution in [0.5, 0.6) is 0 Å². The summed E-state index contributed by atoms with van der Waals surface area (Å²) >= 11 is 7.04. The van der Waals surface area contributed by atoms with E-state index in [2.05, 4.69) is 4.98 Å². The SMILES string of the molecule is O=C(O)c1csc(Cc2c(F)cccc2Cl)n1. The topological polar surface area (TPSA) is 50.2 Å². The Bertz CT molecular complexity index is 550. The highest BCUT2D eigenvalue weighted by molar-refractivity contribution is 7.09. The van der Waals surface area contributed by atoms with Crippen LogP contribution in [0.15, 0.2) is 23.6 Å². The second-order valence-corrected chi connectivity index (χ2v) is 4.66. The fourth-order valence-electron chi connectivity index (χ4n) is 1.34. The van der Waals surface area contributed by atoms with Crippen molar-refractivity contribution in [3.63, 3.8) is 0 Å². The second kappa shape index (κ2) is 4.81. The molecule has 2 rings (SSSR count). The zero-order chi connectivity index (χ0) is 12.4. The number of aromatic carboxylic acids is 1. The third kappa shape index (κ3) is 2.62. The van der Waals surface area contributed by atoms with E-state index in [1.165, 1.54) is 28.8 Å². The Labute approximate surface area is 106 Å². The molecule has 0 aliphatic carbocycles. The Morgan fingerprint density at radius 3 is 2.88 bits per heavy atom. The van der Waals surface area contributed by atoms with Gasteiger partial charge in [0.2, 0.25) is 0 Å². The Balaban J connectivity index is 2.28. The predicted molar refractivity (Wildman–Crippen MR) is 63.3 cm³/mol. The molecule has 2 aromatic rings. The first-order valence-corrected chi connectivity index (χ1v) is 5.94. The minimum absolute atomic E-state index is 0.0301. The average Bonchev–Trinajstić information content (AvgIpc) is 2.72. The fraction of sp³-hybridized carbons (Fsp3) is 0.0909. The summed E-state index contributed by atoms with van der Waals surface area (Å²) in [6, 6.07) is 4.42. The number of nitrogens with zero attached hydrogens (tertiary/aromatic N) is 1. The van der Waals surface area contributed by atoms with Gasteiger partial charge in [0, 0.05) is 22.4 Å². The molecule has 0 saturated carbocycles. The maximum atomic E-state index is 13.5. The molecule has 1 heterocycles. The van der Waals surface area contributed by atoms with E-state index >= 15 is 0 Å². The van der Waals surface area contributed by atoms with E-state index < -0.39 is 11.8 Å². The highest BCUT2D eigenvalue weighted by Crippen LogP contribution is 2.23. The standard InChI is InChI=1S/C11H7ClFNO2S/c12-7-2-1-3-8(13)6(7)4-10-14-9(5-17-10)11(15)16/h1-3,5H,4H2,(H,15,16). The summed E-state index contributed by atoms with van der Waals surface area (Å²) in [5.74, 6) is -1.50. The number of carbonyl (C=O) groups is 1. The summed E-state index contributed by atoms with van der Waals surface area (Å²) in [4.78, 5) is 14.5. The molecule has 0 saturated heterocycles. The van der Waals surface area contributed by atoms with Crippen molar-refractivity contribution in [1.82, 2.24) is 4.98 Å². The summed E-state index contributed by atoms with van der Waals surface area (Å²) in [7, 11) is 0. The van der Waals surface area contributed by atoms with Crippen molar-refractivity contribution in [1.29, 1.82) is 0 Å². The number of hydrogen-bond acceptors (Lipinski definition) is 3. The Morgan fingerprint density at radius 1 is 1.53 bits per heavy atom. The smallest absolute Gasteiger partial charge is 0.355 e. The van der Waals surface area contributed by atoms with Gasteiger partial charge in [-0.15, -0.1) is 11.3 Å². The van der Waals surface area contributed by atoms with Crippen LogP contribution < -0.4 is 0 Å². The van der Waals surface area contributed by atoms with Gasteiger partial charge < -0.3 is 5.11 Å². The van der Waals surface area contributed by atoms with Crippen molar-refractivity contribution >= 4 is 28.9 Å². The monoisotopic (exact) mass is 271 g/mol. The molecule has 6 heteroatoms. The molecule has 1 N–H and O–H groups in total. The molecule has 1 aromatic heterocycles. The van der Waals surface area contributed by atoms with Crippen LogP contribution in [0.4, 0.5) is 4.39 Å². The predicted octanol–water partition coefficient (Wildman–Crippen LogP) is 3.22. The van der Waals surface area contributed by atoms with Crippen molar-refractivity contribution in [3.8, 4) is 0 Å². The van der Waals surface area contributed by atoms with E-state index in [4.69, 9.17) is 16.7 Å². The van der Waals surface area contributed by atoms with Crippen LogP contribution in [0.2, 0.25) is 5.02 Å². The number of carboxylic acids is 1. The van der Waals surface area contributed by atoms with Crippen LogP contribution >= 0.6 is 22.9 Å². The molecule has 0 fully saturated rings. The van der Waals surface area contributed by atoms with Gasteiger partial charge in [0.15, 0.2) is 5.69 Å². The van der Waals surface area contributed by atoms with Crippen LogP contribution in [0, 0.1) is 5.82 Å². The number of aromatic nitrogens is 1. The van der Waals surface area contributed by atoms with Gasteiger partial charge in [-0.05, 0) is 12.1 Å². The number of carboxylic acid groups (broad SMARTS) is 1. The fourth-order valence-corrected chi connectivity index (χ4v) is 2.35. The lowest BCUT2D eigenvalue weighted by Gasteiger charge is -2.02. The van der Waals surface area contributed by atoms with Crippen molar-refractivity contribution in [2.75, 3.05) is 0 Å². The van der Waals surface area contributed by atoms with Crippen LogP contribution in [-0.4, -0.2) is 16.1 Å². The molecule has 88 valence electrons. The normalized spacial score (nSPS) is 10.5. The van der Waals surface area contributed by atoms with Gasteiger partial charge in [0.05, 0.1) is 5.01 Å². The van der Waals surface area contributed by atoms with E-state index in [-0.39, 0.29) is 12.1 Å². The largest absolute Gasteiger partial charge is 0.476 e. The first kappa shape index (κ1) is 12.0. The first-order chi connectivity index (χ1) is 8.08. The van der Waals surface area contributed by atoms with Gasteiger partial charge in [0.25, 0.3) is 0 Å². The lowest BCUT2D eigenvalue weighted by atomic mass is 10.1. The van der Waals surface area contributed by atoms with E-state index in [9.17, 15) is 9.18 Å². The number of benzene rings is 1. The zero-order valence-electron chi connectivity index (χ0n) is 8.48. The van der Waals surface area contributed by atoms with Gasteiger partial charge >= 0.3 is 5.97 Å². The number of rotatable bonds is 3. The summed E-state index contributed by atoms with van der Waals surface area (Å²) in [6.45, 7) is 0. The van der Waals surface area contributed by atoms with Gasteiger partial charge in [-0.1, -0.05) is 17.7 Å². The van der Waals surface area contributed by atoms with E-state index in [0.29, 0.717) is 15.6 Å². The minimum atomic E-state index is -1.09. The molecule has 1 aromatic carbocycles. The van der Waals surface area contributed by atoms with Crippen LogP contribution in [-0.2, 0) is 6.42 Å². The highest BCUT2D eigenvalue weighted by Gasteiger charge is 2.12. The summed E-state index contributed by atoms with van der Waals surface area (Å²) in [6.07, 6.45) is 0.198. The second-order valence-electron chi connectivity index (χ2n) is 3.31. The third-order valence-electron chi connectivity index (χ3n) is 2.16. The highest BCUT2D eigenvalue weighted by atomic mass is 35.5. The van der Waals surface area contributed by atoms with Gasteiger partial charge in [-0.2, -0.15) is 0 Å². The molecular formula is C11H7ClFNO2S. The average molecular weight is 272 g/mol. The molecule has 17 heavy (non-hydrogen) atoms. The van der Waals surface area contributed by atoms with Gasteiger partial charge in [-0.25, -0.2) is 14.2 Å². The first-order valence-electron chi connectivity index (χ1n) is 4.68. The number of hydrogen-bond donors (Lipinski definition) is 1. The Kier molecular flexibility index (Phi) is 3.40. The molecule has 0 bridgehead atoms. The molecule has 0 spiro atoms. The van der Waals surface area contributed by atoms with E-state index in [1.54, 1.807) is 6.07 Å². The molecule has 0 aliphatic heterocycles. The molecule has 0 unspecified atom stereocenters. The molecule has 0 aliphatic rings. The minimum Gasteiger partial charge on any atom is -0.476 e. The van der Waals surface area contributed by atoms with E-state index in [0.717, 1.165) is 0 Å². The van der Waals surface area contributed by atoms with Gasteiger partial charge in [0.1, 0.15) is 5.82 Å². The van der Waals surface area contributed by atoms with Crippen molar-refractivity contribution in [3.05, 3.63) is 50.7 Å². The maximum Gasteiger partial charge on any atom is 0.355 e. The summed E-state index contributed by atoms with van der Waals surface area (Å²) in [5, 5.41) is 11.0. The number of halogens is 2. The Morgan fingerprint density at radius 2 is 2.29 bits per heavy atom. The van der Waals surface area contributed by atoms with Crippen LogP contribution in [0.3, 0.4) is 0 Å². The molecule has 0 amide bonds. The number of thiazole rings is 1. The quantitative estimate of drug-likeness (QED) is 0.932.